The van der Waals surface area contributed by atoms with E-state index in [1.165, 1.54) is 24.4 Å². The summed E-state index contributed by atoms with van der Waals surface area (Å²) in [6.07, 6.45) is 2.67. The van der Waals surface area contributed by atoms with Gasteiger partial charge in [-0.05, 0) is 25.0 Å². The molecule has 1 aromatic rings. The van der Waals surface area contributed by atoms with Crippen molar-refractivity contribution >= 4 is 46.3 Å². The summed E-state index contributed by atoms with van der Waals surface area (Å²) in [6.45, 7) is 2.45. The van der Waals surface area contributed by atoms with Gasteiger partial charge in [0.25, 0.3) is 5.91 Å². The van der Waals surface area contributed by atoms with Crippen LogP contribution in [0.3, 0.4) is 0 Å². The topological polar surface area (TPSA) is 46.6 Å². The maximum absolute atomic E-state index is 12.4. The molecule has 0 spiro atoms. The van der Waals surface area contributed by atoms with E-state index in [1.807, 2.05) is 37.3 Å². The third kappa shape index (κ3) is 4.18. The quantitative estimate of drug-likeness (QED) is 0.470. The first-order chi connectivity index (χ1) is 10.5. The van der Waals surface area contributed by atoms with Gasteiger partial charge in [-0.25, -0.2) is 0 Å². The van der Waals surface area contributed by atoms with E-state index in [0.29, 0.717) is 22.2 Å². The molecule has 0 N–H and O–H groups in total. The second kappa shape index (κ2) is 7.56. The summed E-state index contributed by atoms with van der Waals surface area (Å²) in [5, 5.41) is 0. The summed E-state index contributed by atoms with van der Waals surface area (Å²) in [4.78, 5) is 25.6. The number of hydrogen-bond acceptors (Lipinski definition) is 5. The minimum absolute atomic E-state index is 0.0968. The molecule has 116 valence electrons. The molecule has 0 aliphatic carbocycles. The number of ether oxygens (including phenoxy) is 1. The van der Waals surface area contributed by atoms with Crippen LogP contribution in [-0.4, -0.2) is 34.8 Å². The van der Waals surface area contributed by atoms with Gasteiger partial charge in [0.05, 0.1) is 12.0 Å². The van der Waals surface area contributed by atoms with Crippen molar-refractivity contribution in [1.29, 1.82) is 0 Å². The van der Waals surface area contributed by atoms with Crippen molar-refractivity contribution in [3.05, 3.63) is 40.3 Å². The Morgan fingerprint density at radius 1 is 1.36 bits per heavy atom. The van der Waals surface area contributed by atoms with E-state index >= 15 is 0 Å². The minimum atomic E-state index is -0.277. The lowest BCUT2D eigenvalue weighted by molar-refractivity contribution is -0.141. The first-order valence-electron chi connectivity index (χ1n) is 6.90. The fourth-order valence-corrected chi connectivity index (χ4v) is 3.30. The summed E-state index contributed by atoms with van der Waals surface area (Å²) >= 11 is 6.55. The number of amides is 1. The molecular formula is C16H17NO3S2. The Morgan fingerprint density at radius 2 is 2.05 bits per heavy atom. The predicted octanol–water partition coefficient (Wildman–Crippen LogP) is 3.15. The van der Waals surface area contributed by atoms with Gasteiger partial charge in [0.15, 0.2) is 0 Å². The molecule has 4 nitrogen and oxygen atoms in total. The van der Waals surface area contributed by atoms with Crippen molar-refractivity contribution in [3.63, 3.8) is 0 Å². The minimum Gasteiger partial charge on any atom is -0.469 e. The summed E-state index contributed by atoms with van der Waals surface area (Å²) in [5.41, 5.74) is 2.15. The van der Waals surface area contributed by atoms with Crippen LogP contribution in [-0.2, 0) is 14.3 Å². The van der Waals surface area contributed by atoms with E-state index in [2.05, 4.69) is 4.74 Å². The lowest BCUT2D eigenvalue weighted by atomic mass is 10.1. The van der Waals surface area contributed by atoms with Gasteiger partial charge in [0.2, 0.25) is 0 Å². The molecular weight excluding hydrogens is 318 g/mol. The highest BCUT2D eigenvalue weighted by atomic mass is 32.2. The summed E-state index contributed by atoms with van der Waals surface area (Å²) < 4.78 is 5.12. The average Bonchev–Trinajstić information content (AvgIpc) is 2.76. The number of rotatable bonds is 5. The molecule has 1 heterocycles. The van der Waals surface area contributed by atoms with Crippen molar-refractivity contribution in [2.75, 3.05) is 13.7 Å². The Kier molecular flexibility index (Phi) is 5.74. The first kappa shape index (κ1) is 16.7. The Balaban J connectivity index is 2.02. The number of hydrogen-bond donors (Lipinski definition) is 0. The van der Waals surface area contributed by atoms with E-state index < -0.39 is 0 Å². The number of aryl methyl sites for hydroxylation is 1. The van der Waals surface area contributed by atoms with Crippen LogP contribution >= 0.6 is 24.0 Å². The highest BCUT2D eigenvalue weighted by Crippen LogP contribution is 2.32. The zero-order chi connectivity index (χ0) is 16.1. The standard InChI is InChI=1S/C16H17NO3S2/c1-11-5-7-12(8-6-11)10-13-15(19)17(16(21)22-13)9-3-4-14(18)20-2/h5-8,10H,3-4,9H2,1-2H3/b13-10+. The van der Waals surface area contributed by atoms with Crippen molar-refractivity contribution in [3.8, 4) is 0 Å². The van der Waals surface area contributed by atoms with Gasteiger partial charge in [0.1, 0.15) is 4.32 Å². The predicted molar refractivity (Wildman–Crippen MR) is 92.3 cm³/mol. The van der Waals surface area contributed by atoms with E-state index in [1.54, 1.807) is 4.90 Å². The number of esters is 1. The van der Waals surface area contributed by atoms with Gasteiger partial charge in [0, 0.05) is 13.0 Å². The van der Waals surface area contributed by atoms with E-state index in [0.717, 1.165) is 5.56 Å². The van der Waals surface area contributed by atoms with Gasteiger partial charge in [-0.1, -0.05) is 53.8 Å². The summed E-state index contributed by atoms with van der Waals surface area (Å²) in [7, 11) is 1.35. The molecule has 1 aromatic carbocycles. The van der Waals surface area contributed by atoms with E-state index in [4.69, 9.17) is 12.2 Å². The number of thioether (sulfide) groups is 1. The number of methoxy groups -OCH3 is 1. The summed E-state index contributed by atoms with van der Waals surface area (Å²) in [6, 6.07) is 7.95. The second-order valence-electron chi connectivity index (χ2n) is 4.92. The van der Waals surface area contributed by atoms with Gasteiger partial charge in [-0.2, -0.15) is 0 Å². The molecule has 2 rings (SSSR count). The van der Waals surface area contributed by atoms with Crippen molar-refractivity contribution in [2.45, 2.75) is 19.8 Å². The molecule has 6 heteroatoms. The molecule has 0 radical (unpaired) electrons. The molecule has 0 atom stereocenters. The molecule has 0 unspecified atom stereocenters. The third-order valence-electron chi connectivity index (χ3n) is 3.24. The number of carbonyl (C=O) groups is 2. The van der Waals surface area contributed by atoms with E-state index in [9.17, 15) is 9.59 Å². The van der Waals surface area contributed by atoms with E-state index in [-0.39, 0.29) is 18.3 Å². The number of benzene rings is 1. The Bertz CT molecular complexity index is 623. The molecule has 1 fully saturated rings. The molecule has 1 amide bonds. The zero-order valence-corrected chi connectivity index (χ0v) is 14.1. The average molecular weight is 335 g/mol. The number of nitrogens with zero attached hydrogens (tertiary/aromatic N) is 1. The lowest BCUT2D eigenvalue weighted by Crippen LogP contribution is -2.29. The number of thiocarbonyl (C=S) groups is 1. The maximum Gasteiger partial charge on any atom is 0.305 e. The van der Waals surface area contributed by atoms with Crippen LogP contribution in [0.5, 0.6) is 0 Å². The monoisotopic (exact) mass is 335 g/mol. The molecule has 1 aliphatic rings. The van der Waals surface area contributed by atoms with Crippen LogP contribution in [0.15, 0.2) is 29.2 Å². The highest BCUT2D eigenvalue weighted by molar-refractivity contribution is 8.26. The molecule has 22 heavy (non-hydrogen) atoms. The van der Waals surface area contributed by atoms with Gasteiger partial charge >= 0.3 is 5.97 Å². The van der Waals surface area contributed by atoms with Crippen molar-refractivity contribution in [1.82, 2.24) is 4.90 Å². The maximum atomic E-state index is 12.4. The fourth-order valence-electron chi connectivity index (χ4n) is 1.99. The zero-order valence-electron chi connectivity index (χ0n) is 12.5. The highest BCUT2D eigenvalue weighted by Gasteiger charge is 2.31. The van der Waals surface area contributed by atoms with Crippen LogP contribution in [0.4, 0.5) is 0 Å². The van der Waals surface area contributed by atoms with Crippen LogP contribution in [0.25, 0.3) is 6.08 Å². The van der Waals surface area contributed by atoms with Crippen LogP contribution in [0, 0.1) is 6.92 Å². The fraction of sp³-hybridized carbons (Fsp3) is 0.312. The Labute approximate surface area is 139 Å². The third-order valence-corrected chi connectivity index (χ3v) is 4.62. The normalized spacial score (nSPS) is 16.5. The van der Waals surface area contributed by atoms with Crippen LogP contribution in [0.2, 0.25) is 0 Å². The van der Waals surface area contributed by atoms with Crippen molar-refractivity contribution < 1.29 is 14.3 Å². The van der Waals surface area contributed by atoms with Gasteiger partial charge in [-0.3, -0.25) is 14.5 Å². The van der Waals surface area contributed by atoms with Gasteiger partial charge < -0.3 is 4.74 Å². The molecule has 0 aromatic heterocycles. The molecule has 1 saturated heterocycles. The number of carbonyl (C=O) groups excluding carboxylic acids is 2. The Morgan fingerprint density at radius 3 is 2.68 bits per heavy atom. The molecule has 0 bridgehead atoms. The van der Waals surface area contributed by atoms with Crippen LogP contribution < -0.4 is 0 Å². The van der Waals surface area contributed by atoms with Crippen molar-refractivity contribution in [2.24, 2.45) is 0 Å². The second-order valence-corrected chi connectivity index (χ2v) is 6.60. The largest absolute Gasteiger partial charge is 0.469 e. The molecule has 1 aliphatic heterocycles. The molecule has 0 saturated carbocycles. The Hall–Kier alpha value is -1.66. The first-order valence-corrected chi connectivity index (χ1v) is 8.12. The smallest absolute Gasteiger partial charge is 0.305 e. The SMILES string of the molecule is COC(=O)CCCN1C(=O)/C(=C\c2ccc(C)cc2)SC1=S. The van der Waals surface area contributed by atoms with Crippen LogP contribution in [0.1, 0.15) is 24.0 Å². The lowest BCUT2D eigenvalue weighted by Gasteiger charge is -2.13. The summed E-state index contributed by atoms with van der Waals surface area (Å²) in [5.74, 6) is -0.374. The van der Waals surface area contributed by atoms with Gasteiger partial charge in [-0.15, -0.1) is 0 Å².